The molecule has 0 aliphatic carbocycles. The van der Waals surface area contributed by atoms with Crippen molar-refractivity contribution in [1.82, 2.24) is 4.57 Å². The van der Waals surface area contributed by atoms with Crippen LogP contribution in [0.4, 0.5) is 0 Å². The first-order valence-corrected chi connectivity index (χ1v) is 7.73. The Kier molecular flexibility index (Phi) is 4.47. The van der Waals surface area contributed by atoms with E-state index in [-0.39, 0.29) is 0 Å². The van der Waals surface area contributed by atoms with Gasteiger partial charge >= 0.3 is 0 Å². The maximum absolute atomic E-state index is 5.57. The van der Waals surface area contributed by atoms with Crippen molar-refractivity contribution in [2.45, 2.75) is 6.92 Å². The predicted molar refractivity (Wildman–Crippen MR) is 95.6 cm³/mol. The van der Waals surface area contributed by atoms with Gasteiger partial charge in [0.15, 0.2) is 0 Å². The van der Waals surface area contributed by atoms with E-state index in [1.54, 1.807) is 21.3 Å². The van der Waals surface area contributed by atoms with Crippen LogP contribution in [-0.4, -0.2) is 25.9 Å². The van der Waals surface area contributed by atoms with Crippen LogP contribution in [0.15, 0.2) is 54.6 Å². The fraction of sp³-hybridized carbons (Fsp3) is 0.200. The number of aromatic nitrogens is 1. The van der Waals surface area contributed by atoms with Crippen LogP contribution in [0, 0.1) is 6.92 Å². The van der Waals surface area contributed by atoms with E-state index in [0.717, 1.165) is 39.9 Å². The first-order chi connectivity index (χ1) is 11.7. The fourth-order valence-electron chi connectivity index (χ4n) is 2.83. The largest absolute Gasteiger partial charge is 0.497 e. The second-order valence-corrected chi connectivity index (χ2v) is 5.46. The SMILES string of the molecule is COc1ccc(-n2c(C)ccc2-c2ccc(OC)cc2OC)cc1. The number of methoxy groups -OCH3 is 3. The minimum absolute atomic E-state index is 0.773. The Labute approximate surface area is 142 Å². The van der Waals surface area contributed by atoms with Gasteiger partial charge in [0.25, 0.3) is 0 Å². The molecule has 0 saturated heterocycles. The molecule has 0 spiro atoms. The first-order valence-electron chi connectivity index (χ1n) is 7.73. The number of hydrogen-bond donors (Lipinski definition) is 0. The zero-order chi connectivity index (χ0) is 17.1. The lowest BCUT2D eigenvalue weighted by Gasteiger charge is -2.15. The van der Waals surface area contributed by atoms with E-state index in [0.29, 0.717) is 0 Å². The Hall–Kier alpha value is -2.88. The molecule has 2 aromatic carbocycles. The van der Waals surface area contributed by atoms with E-state index in [9.17, 15) is 0 Å². The van der Waals surface area contributed by atoms with Crippen molar-refractivity contribution in [3.63, 3.8) is 0 Å². The summed E-state index contributed by atoms with van der Waals surface area (Å²) in [4.78, 5) is 0. The normalized spacial score (nSPS) is 10.5. The Morgan fingerprint density at radius 3 is 2.00 bits per heavy atom. The zero-order valence-corrected chi connectivity index (χ0v) is 14.4. The van der Waals surface area contributed by atoms with E-state index in [2.05, 4.69) is 23.6 Å². The number of ether oxygens (including phenoxy) is 3. The summed E-state index contributed by atoms with van der Waals surface area (Å²) in [5.74, 6) is 2.39. The van der Waals surface area contributed by atoms with Crippen LogP contribution >= 0.6 is 0 Å². The second-order valence-electron chi connectivity index (χ2n) is 5.46. The van der Waals surface area contributed by atoms with E-state index in [4.69, 9.17) is 14.2 Å². The fourth-order valence-corrected chi connectivity index (χ4v) is 2.83. The lowest BCUT2D eigenvalue weighted by molar-refractivity contribution is 0.395. The molecule has 0 radical (unpaired) electrons. The van der Waals surface area contributed by atoms with Crippen molar-refractivity contribution < 1.29 is 14.2 Å². The van der Waals surface area contributed by atoms with Gasteiger partial charge in [0.1, 0.15) is 17.2 Å². The highest BCUT2D eigenvalue weighted by Crippen LogP contribution is 2.36. The van der Waals surface area contributed by atoms with Crippen molar-refractivity contribution in [1.29, 1.82) is 0 Å². The van der Waals surface area contributed by atoms with Crippen LogP contribution in [-0.2, 0) is 0 Å². The van der Waals surface area contributed by atoms with Crippen LogP contribution in [0.25, 0.3) is 16.9 Å². The maximum Gasteiger partial charge on any atom is 0.131 e. The maximum atomic E-state index is 5.57. The molecule has 4 heteroatoms. The smallest absolute Gasteiger partial charge is 0.131 e. The molecule has 0 aliphatic heterocycles. The summed E-state index contributed by atoms with van der Waals surface area (Å²) in [6.45, 7) is 2.09. The number of aryl methyl sites for hydroxylation is 1. The molecule has 1 heterocycles. The van der Waals surface area contributed by atoms with Crippen molar-refractivity contribution in [2.24, 2.45) is 0 Å². The van der Waals surface area contributed by atoms with Gasteiger partial charge in [-0.05, 0) is 55.5 Å². The molecule has 0 N–H and O–H groups in total. The van der Waals surface area contributed by atoms with Crippen LogP contribution in [0.3, 0.4) is 0 Å². The highest BCUT2D eigenvalue weighted by molar-refractivity contribution is 5.71. The molecule has 0 saturated carbocycles. The summed E-state index contributed by atoms with van der Waals surface area (Å²) in [7, 11) is 4.99. The zero-order valence-electron chi connectivity index (χ0n) is 14.4. The van der Waals surface area contributed by atoms with Gasteiger partial charge in [-0.2, -0.15) is 0 Å². The average Bonchev–Trinajstić information content (AvgIpc) is 3.02. The quantitative estimate of drug-likeness (QED) is 0.694. The van der Waals surface area contributed by atoms with Crippen molar-refractivity contribution in [2.75, 3.05) is 21.3 Å². The molecule has 124 valence electrons. The molecule has 0 unspecified atom stereocenters. The minimum Gasteiger partial charge on any atom is -0.497 e. The Bertz CT molecular complexity index is 835. The lowest BCUT2D eigenvalue weighted by atomic mass is 10.1. The van der Waals surface area contributed by atoms with Crippen LogP contribution in [0.1, 0.15) is 5.69 Å². The minimum atomic E-state index is 0.773. The third-order valence-corrected chi connectivity index (χ3v) is 4.09. The van der Waals surface area contributed by atoms with Gasteiger partial charge in [0.05, 0.1) is 27.0 Å². The van der Waals surface area contributed by atoms with E-state index in [1.807, 2.05) is 42.5 Å². The molecule has 24 heavy (non-hydrogen) atoms. The molecule has 0 fully saturated rings. The van der Waals surface area contributed by atoms with Gasteiger partial charge in [-0.1, -0.05) is 0 Å². The van der Waals surface area contributed by atoms with Crippen LogP contribution < -0.4 is 14.2 Å². The standard InChI is InChI=1S/C20H21NO3/c1-14-5-12-19(18-11-10-17(23-3)13-20(18)24-4)21(14)15-6-8-16(22-2)9-7-15/h5-13H,1-4H3. The summed E-state index contributed by atoms with van der Waals surface area (Å²) in [5, 5.41) is 0. The van der Waals surface area contributed by atoms with Crippen molar-refractivity contribution in [3.8, 4) is 34.2 Å². The van der Waals surface area contributed by atoms with Gasteiger partial charge in [-0.15, -0.1) is 0 Å². The molecule has 3 rings (SSSR count). The molecule has 4 nitrogen and oxygen atoms in total. The Balaban J connectivity index is 2.13. The third-order valence-electron chi connectivity index (χ3n) is 4.09. The highest BCUT2D eigenvalue weighted by atomic mass is 16.5. The summed E-state index contributed by atoms with van der Waals surface area (Å²) in [6, 6.07) is 18.1. The molecule has 3 aromatic rings. The summed E-state index contributed by atoms with van der Waals surface area (Å²) < 4.78 is 18.3. The molecular weight excluding hydrogens is 302 g/mol. The Morgan fingerprint density at radius 2 is 1.38 bits per heavy atom. The van der Waals surface area contributed by atoms with Gasteiger partial charge in [0, 0.05) is 23.0 Å². The number of benzene rings is 2. The van der Waals surface area contributed by atoms with E-state index in [1.165, 1.54) is 0 Å². The Morgan fingerprint density at radius 1 is 0.708 bits per heavy atom. The number of rotatable bonds is 5. The average molecular weight is 323 g/mol. The lowest BCUT2D eigenvalue weighted by Crippen LogP contribution is -2.00. The number of hydrogen-bond acceptors (Lipinski definition) is 3. The van der Waals surface area contributed by atoms with Gasteiger partial charge in [0.2, 0.25) is 0 Å². The van der Waals surface area contributed by atoms with Gasteiger partial charge in [-0.25, -0.2) is 0 Å². The van der Waals surface area contributed by atoms with Crippen LogP contribution in [0.2, 0.25) is 0 Å². The topological polar surface area (TPSA) is 32.6 Å². The van der Waals surface area contributed by atoms with Gasteiger partial charge < -0.3 is 18.8 Å². The van der Waals surface area contributed by atoms with Crippen LogP contribution in [0.5, 0.6) is 17.2 Å². The molecule has 1 aromatic heterocycles. The highest BCUT2D eigenvalue weighted by Gasteiger charge is 2.14. The summed E-state index contributed by atoms with van der Waals surface area (Å²) >= 11 is 0. The predicted octanol–water partition coefficient (Wildman–Crippen LogP) is 4.48. The summed E-state index contributed by atoms with van der Waals surface area (Å²) in [5.41, 5.74) is 4.30. The molecule has 0 atom stereocenters. The van der Waals surface area contributed by atoms with Gasteiger partial charge in [-0.3, -0.25) is 0 Å². The first kappa shape index (κ1) is 16.0. The van der Waals surface area contributed by atoms with Crippen molar-refractivity contribution >= 4 is 0 Å². The monoisotopic (exact) mass is 323 g/mol. The number of nitrogens with zero attached hydrogens (tertiary/aromatic N) is 1. The molecule has 0 aliphatic rings. The molecule has 0 bridgehead atoms. The molecular formula is C20H21NO3. The van der Waals surface area contributed by atoms with E-state index < -0.39 is 0 Å². The third kappa shape index (κ3) is 2.83. The van der Waals surface area contributed by atoms with E-state index >= 15 is 0 Å². The second kappa shape index (κ2) is 6.71. The summed E-state index contributed by atoms with van der Waals surface area (Å²) in [6.07, 6.45) is 0. The van der Waals surface area contributed by atoms with Crippen molar-refractivity contribution in [3.05, 3.63) is 60.3 Å². The molecule has 0 amide bonds.